The van der Waals surface area contributed by atoms with Crippen molar-refractivity contribution in [3.63, 3.8) is 0 Å². The Kier molecular flexibility index (Phi) is 5.41. The number of benzene rings is 1. The SMILES string of the molecule is CC(NC(=O)N1C(=O)[C@H](CCc2cnc(N)s2)C1C(=O)O)c1ccccc1. The molecule has 4 N–H and O–H groups in total. The minimum atomic E-state index is -1.19. The van der Waals surface area contributed by atoms with E-state index in [1.54, 1.807) is 13.1 Å². The zero-order chi connectivity index (χ0) is 19.6. The van der Waals surface area contributed by atoms with Crippen LogP contribution in [-0.2, 0) is 16.0 Å². The first kappa shape index (κ1) is 18.8. The van der Waals surface area contributed by atoms with Gasteiger partial charge >= 0.3 is 12.0 Å². The molecule has 1 aromatic carbocycles. The number of carbonyl (C=O) groups is 3. The molecule has 1 fully saturated rings. The Balaban J connectivity index is 1.64. The number of nitrogens with one attached hydrogen (secondary N) is 1. The molecular weight excluding hydrogens is 368 g/mol. The second kappa shape index (κ2) is 7.75. The molecule has 0 bridgehead atoms. The minimum Gasteiger partial charge on any atom is -0.480 e. The van der Waals surface area contributed by atoms with Gasteiger partial charge in [-0.05, 0) is 25.3 Å². The van der Waals surface area contributed by atoms with E-state index >= 15 is 0 Å². The van der Waals surface area contributed by atoms with Crippen LogP contribution in [0, 0.1) is 5.92 Å². The first-order valence-electron chi connectivity index (χ1n) is 8.50. The summed E-state index contributed by atoms with van der Waals surface area (Å²) in [5, 5.41) is 12.6. The summed E-state index contributed by atoms with van der Waals surface area (Å²) in [5.74, 6) is -2.40. The second-order valence-corrected chi connectivity index (χ2v) is 7.53. The lowest BCUT2D eigenvalue weighted by Gasteiger charge is -2.43. The van der Waals surface area contributed by atoms with E-state index < -0.39 is 29.9 Å². The van der Waals surface area contributed by atoms with Gasteiger partial charge in [-0.1, -0.05) is 30.3 Å². The number of rotatable bonds is 6. The second-order valence-electron chi connectivity index (χ2n) is 6.38. The van der Waals surface area contributed by atoms with Crippen LogP contribution >= 0.6 is 11.3 Å². The third-order valence-electron chi connectivity index (χ3n) is 4.60. The molecule has 142 valence electrons. The van der Waals surface area contributed by atoms with Gasteiger partial charge in [0.15, 0.2) is 11.2 Å². The summed E-state index contributed by atoms with van der Waals surface area (Å²) in [4.78, 5) is 42.1. The number of aliphatic carboxylic acids is 1. The summed E-state index contributed by atoms with van der Waals surface area (Å²) in [6.45, 7) is 1.78. The van der Waals surface area contributed by atoms with Gasteiger partial charge in [0.1, 0.15) is 0 Å². The number of nitrogen functional groups attached to an aromatic ring is 1. The molecule has 2 aromatic rings. The number of carbonyl (C=O) groups excluding carboxylic acids is 2. The van der Waals surface area contributed by atoms with Gasteiger partial charge in [0, 0.05) is 11.1 Å². The third kappa shape index (κ3) is 3.92. The smallest absolute Gasteiger partial charge is 0.327 e. The summed E-state index contributed by atoms with van der Waals surface area (Å²) in [6, 6.07) is 7.04. The molecule has 0 spiro atoms. The Morgan fingerprint density at radius 3 is 2.67 bits per heavy atom. The summed E-state index contributed by atoms with van der Waals surface area (Å²) in [6.07, 6.45) is 2.44. The molecule has 2 heterocycles. The van der Waals surface area contributed by atoms with E-state index in [0.29, 0.717) is 18.0 Å². The lowest BCUT2D eigenvalue weighted by atomic mass is 9.83. The van der Waals surface area contributed by atoms with Crippen LogP contribution in [0.1, 0.15) is 29.8 Å². The first-order valence-corrected chi connectivity index (χ1v) is 9.31. The van der Waals surface area contributed by atoms with Crippen molar-refractivity contribution in [2.24, 2.45) is 5.92 Å². The normalized spacial score (nSPS) is 20.0. The quantitative estimate of drug-likeness (QED) is 0.650. The maximum atomic E-state index is 12.5. The number of likely N-dealkylation sites (tertiary alicyclic amines) is 1. The highest BCUT2D eigenvalue weighted by molar-refractivity contribution is 7.15. The average Bonchev–Trinajstić information content (AvgIpc) is 3.05. The Labute approximate surface area is 160 Å². The topological polar surface area (TPSA) is 126 Å². The van der Waals surface area contributed by atoms with Crippen molar-refractivity contribution in [2.45, 2.75) is 31.8 Å². The molecular formula is C18H20N4O4S. The molecule has 1 aromatic heterocycles. The van der Waals surface area contributed by atoms with Gasteiger partial charge in [0.25, 0.3) is 0 Å². The van der Waals surface area contributed by atoms with Crippen LogP contribution in [0.3, 0.4) is 0 Å². The fourth-order valence-corrected chi connectivity index (χ4v) is 3.85. The summed E-state index contributed by atoms with van der Waals surface area (Å²) in [5.41, 5.74) is 6.44. The summed E-state index contributed by atoms with van der Waals surface area (Å²) < 4.78 is 0. The van der Waals surface area contributed by atoms with Gasteiger partial charge in [-0.3, -0.25) is 4.79 Å². The van der Waals surface area contributed by atoms with Crippen molar-refractivity contribution in [3.05, 3.63) is 47.0 Å². The molecule has 9 heteroatoms. The molecule has 0 radical (unpaired) electrons. The van der Waals surface area contributed by atoms with Crippen LogP contribution in [0.4, 0.5) is 9.93 Å². The molecule has 3 rings (SSSR count). The van der Waals surface area contributed by atoms with E-state index in [9.17, 15) is 19.5 Å². The van der Waals surface area contributed by atoms with Crippen molar-refractivity contribution in [1.29, 1.82) is 0 Å². The van der Waals surface area contributed by atoms with Crippen molar-refractivity contribution in [3.8, 4) is 0 Å². The average molecular weight is 388 g/mol. The van der Waals surface area contributed by atoms with E-state index in [2.05, 4.69) is 10.3 Å². The fraction of sp³-hybridized carbons (Fsp3) is 0.333. The molecule has 1 saturated heterocycles. The van der Waals surface area contributed by atoms with Crippen molar-refractivity contribution in [1.82, 2.24) is 15.2 Å². The van der Waals surface area contributed by atoms with Gasteiger partial charge in [0.2, 0.25) is 5.91 Å². The maximum Gasteiger partial charge on any atom is 0.327 e. The number of amides is 3. The van der Waals surface area contributed by atoms with Gasteiger partial charge in [-0.2, -0.15) is 0 Å². The zero-order valence-electron chi connectivity index (χ0n) is 14.7. The largest absolute Gasteiger partial charge is 0.480 e. The lowest BCUT2D eigenvalue weighted by Crippen LogP contribution is -2.68. The predicted octanol–water partition coefficient (Wildman–Crippen LogP) is 2.04. The summed E-state index contributed by atoms with van der Waals surface area (Å²) >= 11 is 1.30. The zero-order valence-corrected chi connectivity index (χ0v) is 15.5. The maximum absolute atomic E-state index is 12.5. The molecule has 27 heavy (non-hydrogen) atoms. The van der Waals surface area contributed by atoms with Crippen LogP contribution in [0.25, 0.3) is 0 Å². The monoisotopic (exact) mass is 388 g/mol. The third-order valence-corrected chi connectivity index (χ3v) is 5.48. The minimum absolute atomic E-state index is 0.329. The van der Waals surface area contributed by atoms with Crippen LogP contribution in [0.5, 0.6) is 0 Å². The molecule has 0 saturated carbocycles. The molecule has 0 aliphatic carbocycles. The fourth-order valence-electron chi connectivity index (χ4n) is 3.15. The molecule has 3 amide bonds. The van der Waals surface area contributed by atoms with E-state index in [1.165, 1.54) is 11.3 Å². The highest BCUT2D eigenvalue weighted by atomic mass is 32.1. The first-order chi connectivity index (χ1) is 12.9. The van der Waals surface area contributed by atoms with E-state index in [1.807, 2.05) is 30.3 Å². The van der Waals surface area contributed by atoms with Crippen molar-refractivity contribution < 1.29 is 19.5 Å². The lowest BCUT2D eigenvalue weighted by molar-refractivity contribution is -0.166. The van der Waals surface area contributed by atoms with E-state index in [0.717, 1.165) is 15.3 Å². The van der Waals surface area contributed by atoms with Crippen LogP contribution in [0.15, 0.2) is 36.5 Å². The number of nitrogens with two attached hydrogens (primary N) is 1. The Morgan fingerprint density at radius 1 is 1.37 bits per heavy atom. The molecule has 1 aliphatic heterocycles. The number of urea groups is 1. The number of aromatic nitrogens is 1. The number of hydrogen-bond donors (Lipinski definition) is 3. The molecule has 2 unspecified atom stereocenters. The highest BCUT2D eigenvalue weighted by Gasteiger charge is 2.54. The summed E-state index contributed by atoms with van der Waals surface area (Å²) in [7, 11) is 0. The van der Waals surface area contributed by atoms with Gasteiger partial charge < -0.3 is 16.2 Å². The van der Waals surface area contributed by atoms with Crippen molar-refractivity contribution >= 4 is 34.4 Å². The number of aryl methyl sites for hydroxylation is 1. The number of nitrogens with zero attached hydrogens (tertiary/aromatic N) is 2. The van der Waals surface area contributed by atoms with Crippen LogP contribution in [0.2, 0.25) is 0 Å². The predicted molar refractivity (Wildman–Crippen MR) is 100.0 cm³/mol. The number of β-lactam (4-membered cyclic amide) rings is 1. The molecule has 1 aliphatic rings. The molecule has 3 atom stereocenters. The van der Waals surface area contributed by atoms with Gasteiger partial charge in [-0.25, -0.2) is 19.5 Å². The number of anilines is 1. The number of hydrogen-bond acceptors (Lipinski definition) is 6. The highest BCUT2D eigenvalue weighted by Crippen LogP contribution is 2.32. The van der Waals surface area contributed by atoms with Crippen molar-refractivity contribution in [2.75, 3.05) is 5.73 Å². The number of imide groups is 1. The van der Waals surface area contributed by atoms with E-state index in [4.69, 9.17) is 5.73 Å². The Hall–Kier alpha value is -2.94. The number of thiazole rings is 1. The number of carboxylic acids is 1. The number of carboxylic acid groups (broad SMARTS) is 1. The standard InChI is InChI=1S/C18H20N4O4S/c1-10(11-5-3-2-4-6-11)21-18(26)22-14(16(24)25)13(15(22)23)8-7-12-9-20-17(19)27-12/h2-6,9-10,13-14H,7-8H2,1H3,(H2,19,20)(H,21,26)(H,24,25)/t10?,13-,14?/m1/s1. The Morgan fingerprint density at radius 2 is 2.07 bits per heavy atom. The van der Waals surface area contributed by atoms with Gasteiger partial charge in [-0.15, -0.1) is 11.3 Å². The molecule has 8 nitrogen and oxygen atoms in total. The van der Waals surface area contributed by atoms with Crippen LogP contribution in [-0.4, -0.2) is 38.9 Å². The van der Waals surface area contributed by atoms with Crippen LogP contribution < -0.4 is 11.1 Å². The van der Waals surface area contributed by atoms with E-state index in [-0.39, 0.29) is 6.04 Å². The van der Waals surface area contributed by atoms with Gasteiger partial charge in [0.05, 0.1) is 12.0 Å². The Bertz CT molecular complexity index is 854.